The quantitative estimate of drug-likeness (QED) is 0.402. The van der Waals surface area contributed by atoms with Gasteiger partial charge in [0.25, 0.3) is 5.91 Å². The van der Waals surface area contributed by atoms with E-state index in [1.807, 2.05) is 50.8 Å². The van der Waals surface area contributed by atoms with Crippen molar-refractivity contribution in [2.45, 2.75) is 77.9 Å². The lowest BCUT2D eigenvalue weighted by Crippen LogP contribution is -2.52. The van der Waals surface area contributed by atoms with Crippen molar-refractivity contribution >= 4 is 29.3 Å². The van der Waals surface area contributed by atoms with Gasteiger partial charge in [0.2, 0.25) is 11.8 Å². The fraction of sp³-hybridized carbons (Fsp3) is 0.571. The van der Waals surface area contributed by atoms with Gasteiger partial charge < -0.3 is 20.3 Å². The summed E-state index contributed by atoms with van der Waals surface area (Å²) in [5, 5.41) is 5.64. The summed E-state index contributed by atoms with van der Waals surface area (Å²) in [7, 11) is 1.29. The molecule has 0 radical (unpaired) electrons. The van der Waals surface area contributed by atoms with Crippen LogP contribution in [0.3, 0.4) is 0 Å². The van der Waals surface area contributed by atoms with Gasteiger partial charge in [-0.2, -0.15) is 0 Å². The smallest absolute Gasteiger partial charge is 0.328 e. The van der Waals surface area contributed by atoms with E-state index in [0.717, 1.165) is 30.4 Å². The lowest BCUT2D eigenvalue weighted by Gasteiger charge is -2.41. The SMILES string of the molecule is COC(=O)[C@H](CC(C)C)NC(=O)[C@H](CC(C)C)NC(=O)/C=C1/c2ccccc2C(=O)N2CCCC[C@H]12. The summed E-state index contributed by atoms with van der Waals surface area (Å²) >= 11 is 0. The van der Waals surface area contributed by atoms with Gasteiger partial charge in [0.15, 0.2) is 0 Å². The van der Waals surface area contributed by atoms with E-state index in [1.165, 1.54) is 7.11 Å². The molecule has 1 saturated heterocycles. The Bertz CT molecular complexity index is 1020. The molecule has 3 rings (SSSR count). The molecule has 0 saturated carbocycles. The molecular formula is C28H39N3O5. The number of benzene rings is 1. The van der Waals surface area contributed by atoms with Gasteiger partial charge in [0, 0.05) is 18.2 Å². The number of amides is 3. The number of hydrogen-bond donors (Lipinski definition) is 2. The first kappa shape index (κ1) is 27.4. The first-order chi connectivity index (χ1) is 17.1. The first-order valence-electron chi connectivity index (χ1n) is 12.9. The second-order valence-corrected chi connectivity index (χ2v) is 10.6. The molecule has 2 heterocycles. The van der Waals surface area contributed by atoms with Crippen molar-refractivity contribution in [1.29, 1.82) is 0 Å². The van der Waals surface area contributed by atoms with Crippen molar-refractivity contribution in [2.75, 3.05) is 13.7 Å². The van der Waals surface area contributed by atoms with Crippen LogP contribution in [-0.2, 0) is 19.1 Å². The maximum Gasteiger partial charge on any atom is 0.328 e. The van der Waals surface area contributed by atoms with Crippen LogP contribution in [0.15, 0.2) is 30.3 Å². The monoisotopic (exact) mass is 497 g/mol. The normalized spacial score (nSPS) is 20.0. The van der Waals surface area contributed by atoms with Gasteiger partial charge in [0.1, 0.15) is 12.1 Å². The lowest BCUT2D eigenvalue weighted by molar-refractivity contribution is -0.145. The van der Waals surface area contributed by atoms with Gasteiger partial charge in [-0.3, -0.25) is 14.4 Å². The Morgan fingerprint density at radius 2 is 1.64 bits per heavy atom. The molecule has 2 aliphatic heterocycles. The molecule has 8 nitrogen and oxygen atoms in total. The lowest BCUT2D eigenvalue weighted by atomic mass is 9.83. The third-order valence-corrected chi connectivity index (χ3v) is 6.73. The zero-order valence-electron chi connectivity index (χ0n) is 22.0. The predicted molar refractivity (Wildman–Crippen MR) is 138 cm³/mol. The standard InChI is InChI=1S/C28H39N3O5/c1-17(2)14-22(26(33)30-23(15-18(3)4)28(35)36-5)29-25(32)16-21-19-10-6-7-11-20(19)27(34)31-13-9-8-12-24(21)31/h6-7,10-11,16-18,22-24H,8-9,12-15H2,1-5H3,(H,29,32)(H,30,33)/b21-16-/t22-,23-,24+/m0/s1. The van der Waals surface area contributed by atoms with E-state index in [0.29, 0.717) is 24.9 Å². The number of carbonyl (C=O) groups is 4. The highest BCUT2D eigenvalue weighted by molar-refractivity contribution is 6.07. The number of carbonyl (C=O) groups excluding carboxylic acids is 4. The summed E-state index contributed by atoms with van der Waals surface area (Å²) in [4.78, 5) is 53.6. The number of nitrogens with one attached hydrogen (secondary N) is 2. The van der Waals surface area contributed by atoms with Crippen molar-refractivity contribution in [2.24, 2.45) is 11.8 Å². The molecular weight excluding hydrogens is 458 g/mol. The van der Waals surface area contributed by atoms with Gasteiger partial charge in [-0.1, -0.05) is 45.9 Å². The van der Waals surface area contributed by atoms with E-state index in [1.54, 1.807) is 12.1 Å². The molecule has 3 atom stereocenters. The molecule has 0 unspecified atom stereocenters. The summed E-state index contributed by atoms with van der Waals surface area (Å²) in [5.41, 5.74) is 2.17. The zero-order valence-corrected chi connectivity index (χ0v) is 22.0. The number of methoxy groups -OCH3 is 1. The Morgan fingerprint density at radius 1 is 1.00 bits per heavy atom. The van der Waals surface area contributed by atoms with Crippen molar-refractivity contribution in [3.63, 3.8) is 0 Å². The van der Waals surface area contributed by atoms with E-state index < -0.39 is 24.0 Å². The predicted octanol–water partition coefficient (Wildman–Crippen LogP) is 3.31. The average molecular weight is 498 g/mol. The first-order valence-corrected chi connectivity index (χ1v) is 12.9. The number of ether oxygens (including phenoxy) is 1. The van der Waals surface area contributed by atoms with Crippen LogP contribution < -0.4 is 10.6 Å². The number of esters is 1. The fourth-order valence-electron chi connectivity index (χ4n) is 5.09. The van der Waals surface area contributed by atoms with E-state index in [-0.39, 0.29) is 29.7 Å². The minimum atomic E-state index is -0.809. The Labute approximate surface area is 213 Å². The minimum absolute atomic E-state index is 0.00363. The van der Waals surface area contributed by atoms with Crippen molar-refractivity contribution < 1.29 is 23.9 Å². The molecule has 1 aromatic rings. The van der Waals surface area contributed by atoms with Gasteiger partial charge in [-0.25, -0.2) is 4.79 Å². The molecule has 36 heavy (non-hydrogen) atoms. The van der Waals surface area contributed by atoms with Crippen LogP contribution in [0.5, 0.6) is 0 Å². The van der Waals surface area contributed by atoms with Gasteiger partial charge >= 0.3 is 5.97 Å². The van der Waals surface area contributed by atoms with Crippen LogP contribution in [-0.4, -0.2) is 60.4 Å². The molecule has 0 bridgehead atoms. The maximum atomic E-state index is 13.3. The minimum Gasteiger partial charge on any atom is -0.467 e. The molecule has 0 aliphatic carbocycles. The molecule has 3 amide bonds. The Hall–Kier alpha value is -3.16. The maximum absolute atomic E-state index is 13.3. The number of piperidine rings is 1. The number of hydrogen-bond acceptors (Lipinski definition) is 5. The van der Waals surface area contributed by atoms with E-state index in [9.17, 15) is 19.2 Å². The zero-order chi connectivity index (χ0) is 26.4. The van der Waals surface area contributed by atoms with Crippen LogP contribution >= 0.6 is 0 Å². The largest absolute Gasteiger partial charge is 0.467 e. The number of nitrogens with zero attached hydrogens (tertiary/aromatic N) is 1. The van der Waals surface area contributed by atoms with Crippen LogP contribution in [0, 0.1) is 11.8 Å². The Balaban J connectivity index is 1.85. The highest BCUT2D eigenvalue weighted by atomic mass is 16.5. The topological polar surface area (TPSA) is 105 Å². The van der Waals surface area contributed by atoms with Crippen molar-refractivity contribution in [3.05, 3.63) is 41.5 Å². The molecule has 0 spiro atoms. The summed E-state index contributed by atoms with van der Waals surface area (Å²) in [6.45, 7) is 8.53. The fourth-order valence-corrected chi connectivity index (χ4v) is 5.09. The second-order valence-electron chi connectivity index (χ2n) is 10.6. The van der Waals surface area contributed by atoms with Gasteiger partial charge in [0.05, 0.1) is 13.2 Å². The summed E-state index contributed by atoms with van der Waals surface area (Å²) in [6.07, 6.45) is 5.12. The molecule has 1 aromatic carbocycles. The molecule has 2 aliphatic rings. The molecule has 1 fully saturated rings. The Morgan fingerprint density at radius 3 is 2.28 bits per heavy atom. The van der Waals surface area contributed by atoms with Crippen LogP contribution in [0.25, 0.3) is 5.57 Å². The van der Waals surface area contributed by atoms with Gasteiger partial charge in [-0.05, 0) is 61.1 Å². The van der Waals surface area contributed by atoms with E-state index in [4.69, 9.17) is 4.74 Å². The number of rotatable bonds is 9. The van der Waals surface area contributed by atoms with Crippen LogP contribution in [0.4, 0.5) is 0 Å². The molecule has 2 N–H and O–H groups in total. The molecule has 196 valence electrons. The highest BCUT2D eigenvalue weighted by Gasteiger charge is 2.37. The Kier molecular flexibility index (Phi) is 9.29. The average Bonchev–Trinajstić information content (AvgIpc) is 2.84. The third kappa shape index (κ3) is 6.53. The van der Waals surface area contributed by atoms with E-state index >= 15 is 0 Å². The van der Waals surface area contributed by atoms with Crippen molar-refractivity contribution in [3.8, 4) is 0 Å². The van der Waals surface area contributed by atoms with Gasteiger partial charge in [-0.15, -0.1) is 0 Å². The third-order valence-electron chi connectivity index (χ3n) is 6.73. The summed E-state index contributed by atoms with van der Waals surface area (Å²) in [5.74, 6) is -0.996. The van der Waals surface area contributed by atoms with Crippen LogP contribution in [0.2, 0.25) is 0 Å². The second kappa shape index (κ2) is 12.2. The molecule has 8 heteroatoms. The van der Waals surface area contributed by atoms with Crippen molar-refractivity contribution in [1.82, 2.24) is 15.5 Å². The molecule has 0 aromatic heterocycles. The van der Waals surface area contributed by atoms with E-state index in [2.05, 4.69) is 10.6 Å². The summed E-state index contributed by atoms with van der Waals surface area (Å²) < 4.78 is 4.87. The number of fused-ring (bicyclic) bond motifs is 2. The highest BCUT2D eigenvalue weighted by Crippen LogP contribution is 2.37. The van der Waals surface area contributed by atoms with Crippen LogP contribution in [0.1, 0.15) is 75.7 Å². The summed E-state index contributed by atoms with van der Waals surface area (Å²) in [6, 6.07) is 5.63.